The molecule has 0 aliphatic heterocycles. The van der Waals surface area contributed by atoms with Crippen molar-refractivity contribution in [3.63, 3.8) is 0 Å². The van der Waals surface area contributed by atoms with Crippen molar-refractivity contribution in [1.29, 1.82) is 0 Å². The summed E-state index contributed by atoms with van der Waals surface area (Å²) in [5.74, 6) is -0.399. The molecule has 4 N–H and O–H groups in total. The van der Waals surface area contributed by atoms with Gasteiger partial charge < -0.3 is 25.1 Å². The minimum absolute atomic E-state index is 0.0407. The van der Waals surface area contributed by atoms with Crippen LogP contribution in [0.15, 0.2) is 75.6 Å². The van der Waals surface area contributed by atoms with Gasteiger partial charge in [-0.25, -0.2) is 0 Å². The van der Waals surface area contributed by atoms with Gasteiger partial charge in [-0.05, 0) is 59.7 Å². The molecular formula is C24H18BrNO5. The number of fused-ring (bicyclic) bond motifs is 1. The summed E-state index contributed by atoms with van der Waals surface area (Å²) in [4.78, 5) is 12.2. The topological polar surface area (TPSA) is 103 Å². The number of carbonyl (C=O) groups is 1. The Bertz CT molecular complexity index is 1290. The molecule has 6 nitrogen and oxygen atoms in total. The van der Waals surface area contributed by atoms with E-state index in [1.165, 1.54) is 24.3 Å². The molecule has 0 spiro atoms. The maximum atomic E-state index is 12.2. The summed E-state index contributed by atoms with van der Waals surface area (Å²) in [5, 5.41) is 32.8. The number of halogens is 1. The second-order valence-electron chi connectivity index (χ2n) is 6.91. The molecule has 0 fully saturated rings. The normalized spacial score (nSPS) is 11.3. The smallest absolute Gasteiger partial charge is 0.244 e. The number of aromatic hydroxyl groups is 3. The fourth-order valence-electron chi connectivity index (χ4n) is 3.11. The largest absolute Gasteiger partial charge is 0.504 e. The van der Waals surface area contributed by atoms with Crippen LogP contribution in [0, 0.1) is 0 Å². The van der Waals surface area contributed by atoms with Gasteiger partial charge >= 0.3 is 0 Å². The highest BCUT2D eigenvalue weighted by Gasteiger charge is 2.14. The average molecular weight is 480 g/mol. The van der Waals surface area contributed by atoms with Crippen molar-refractivity contribution in [2.45, 2.75) is 6.54 Å². The highest BCUT2D eigenvalue weighted by atomic mass is 79.9. The summed E-state index contributed by atoms with van der Waals surface area (Å²) in [5.41, 5.74) is 2.46. The maximum absolute atomic E-state index is 12.2. The summed E-state index contributed by atoms with van der Waals surface area (Å²) in [6, 6.07) is 16.9. The summed E-state index contributed by atoms with van der Waals surface area (Å²) in [6.45, 7) is 0.404. The molecule has 0 saturated heterocycles. The number of phenols is 3. The van der Waals surface area contributed by atoms with Gasteiger partial charge in [0.05, 0.1) is 0 Å². The van der Waals surface area contributed by atoms with Crippen molar-refractivity contribution in [2.24, 2.45) is 0 Å². The molecule has 3 aromatic carbocycles. The third-order valence-corrected chi connectivity index (χ3v) is 5.28. The Morgan fingerprint density at radius 1 is 0.935 bits per heavy atom. The van der Waals surface area contributed by atoms with Crippen LogP contribution < -0.4 is 5.32 Å². The number of nitrogens with one attached hydrogen (secondary N) is 1. The van der Waals surface area contributed by atoms with E-state index >= 15 is 0 Å². The van der Waals surface area contributed by atoms with Crippen LogP contribution in [0.1, 0.15) is 11.1 Å². The first-order valence-electron chi connectivity index (χ1n) is 9.39. The van der Waals surface area contributed by atoms with E-state index in [0.717, 1.165) is 10.0 Å². The van der Waals surface area contributed by atoms with Crippen LogP contribution in [-0.2, 0) is 11.3 Å². The summed E-state index contributed by atoms with van der Waals surface area (Å²) in [6.07, 6.45) is 3.07. The lowest BCUT2D eigenvalue weighted by Gasteiger charge is -2.03. The van der Waals surface area contributed by atoms with Crippen molar-refractivity contribution in [2.75, 3.05) is 0 Å². The predicted octanol–water partition coefficient (Wildman–Crippen LogP) is 5.31. The fourth-order valence-corrected chi connectivity index (χ4v) is 3.37. The first-order chi connectivity index (χ1) is 14.9. The second kappa shape index (κ2) is 8.57. The highest BCUT2D eigenvalue weighted by molar-refractivity contribution is 9.10. The number of hydrogen-bond acceptors (Lipinski definition) is 5. The number of furan rings is 1. The van der Waals surface area contributed by atoms with Crippen LogP contribution in [0.4, 0.5) is 0 Å². The van der Waals surface area contributed by atoms with E-state index in [-0.39, 0.29) is 28.7 Å². The molecule has 0 unspecified atom stereocenters. The zero-order valence-electron chi connectivity index (χ0n) is 16.2. The van der Waals surface area contributed by atoms with E-state index in [0.29, 0.717) is 28.8 Å². The number of benzene rings is 3. The molecule has 4 aromatic rings. The zero-order valence-corrected chi connectivity index (χ0v) is 17.8. The molecule has 31 heavy (non-hydrogen) atoms. The second-order valence-corrected chi connectivity index (χ2v) is 7.82. The predicted molar refractivity (Wildman–Crippen MR) is 122 cm³/mol. The number of carbonyl (C=O) groups excluding carboxylic acids is 1. The van der Waals surface area contributed by atoms with Gasteiger partial charge in [-0.2, -0.15) is 0 Å². The summed E-state index contributed by atoms with van der Waals surface area (Å²) >= 11 is 3.38. The molecule has 1 amide bonds. The van der Waals surface area contributed by atoms with E-state index < -0.39 is 0 Å². The van der Waals surface area contributed by atoms with Crippen LogP contribution >= 0.6 is 15.9 Å². The molecule has 0 aliphatic rings. The molecule has 0 bridgehead atoms. The maximum Gasteiger partial charge on any atom is 0.244 e. The molecule has 156 valence electrons. The van der Waals surface area contributed by atoms with E-state index in [1.807, 2.05) is 24.3 Å². The number of hydrogen-bond donors (Lipinski definition) is 4. The molecule has 0 atom stereocenters. The van der Waals surface area contributed by atoms with Crippen LogP contribution in [0.2, 0.25) is 0 Å². The molecule has 0 saturated carbocycles. The van der Waals surface area contributed by atoms with Gasteiger partial charge in [0, 0.05) is 28.0 Å². The first kappa shape index (κ1) is 20.6. The first-order valence-corrected chi connectivity index (χ1v) is 10.2. The molecule has 1 heterocycles. The lowest BCUT2D eigenvalue weighted by Crippen LogP contribution is -2.20. The van der Waals surface area contributed by atoms with E-state index in [2.05, 4.69) is 21.2 Å². The Morgan fingerprint density at radius 3 is 2.42 bits per heavy atom. The number of amides is 1. The van der Waals surface area contributed by atoms with Crippen LogP contribution in [0.3, 0.4) is 0 Å². The highest BCUT2D eigenvalue weighted by Crippen LogP contribution is 2.37. The lowest BCUT2D eigenvalue weighted by molar-refractivity contribution is -0.116. The Labute approximate surface area is 186 Å². The Balaban J connectivity index is 1.56. The summed E-state index contributed by atoms with van der Waals surface area (Å²) < 4.78 is 6.73. The Hall–Kier alpha value is -3.71. The molecular weight excluding hydrogens is 462 g/mol. The summed E-state index contributed by atoms with van der Waals surface area (Å²) in [7, 11) is 0. The Morgan fingerprint density at radius 2 is 1.68 bits per heavy atom. The van der Waals surface area contributed by atoms with Crippen molar-refractivity contribution in [3.05, 3.63) is 82.3 Å². The van der Waals surface area contributed by atoms with Gasteiger partial charge in [0.2, 0.25) is 5.91 Å². The third-order valence-electron chi connectivity index (χ3n) is 4.75. The third kappa shape index (κ3) is 4.57. The standard InChI is InChI=1S/C24H18BrNO5/c25-17-6-1-14(2-7-17)13-26-23(30)10-5-15-3-9-20(28)24-18(15)12-22(31-24)16-4-8-19(27)21(29)11-16/h1-12,27-29H,13H2,(H,26,30)/b10-5+. The molecule has 0 aliphatic carbocycles. The van der Waals surface area contributed by atoms with Crippen molar-refractivity contribution in [1.82, 2.24) is 5.32 Å². The number of rotatable bonds is 5. The monoisotopic (exact) mass is 479 g/mol. The quantitative estimate of drug-likeness (QED) is 0.229. The van der Waals surface area contributed by atoms with Gasteiger partial charge in [-0.1, -0.05) is 34.1 Å². The van der Waals surface area contributed by atoms with Crippen LogP contribution in [0.5, 0.6) is 17.2 Å². The zero-order chi connectivity index (χ0) is 22.0. The Kier molecular flexibility index (Phi) is 5.68. The van der Waals surface area contributed by atoms with Gasteiger partial charge in [0.1, 0.15) is 5.76 Å². The van der Waals surface area contributed by atoms with Gasteiger partial charge in [-0.3, -0.25) is 4.79 Å². The van der Waals surface area contributed by atoms with E-state index in [1.54, 1.807) is 24.3 Å². The van der Waals surface area contributed by atoms with Gasteiger partial charge in [0.15, 0.2) is 22.8 Å². The van der Waals surface area contributed by atoms with Crippen molar-refractivity contribution < 1.29 is 24.5 Å². The number of phenolic OH excluding ortho intramolecular Hbond substituents is 3. The average Bonchev–Trinajstić information content (AvgIpc) is 3.21. The molecule has 4 rings (SSSR count). The van der Waals surface area contributed by atoms with Crippen LogP contribution in [0.25, 0.3) is 28.4 Å². The lowest BCUT2D eigenvalue weighted by atomic mass is 10.1. The van der Waals surface area contributed by atoms with E-state index in [9.17, 15) is 20.1 Å². The van der Waals surface area contributed by atoms with E-state index in [4.69, 9.17) is 4.42 Å². The van der Waals surface area contributed by atoms with Crippen LogP contribution in [-0.4, -0.2) is 21.2 Å². The molecule has 7 heteroatoms. The minimum Gasteiger partial charge on any atom is -0.504 e. The minimum atomic E-state index is -0.273. The van der Waals surface area contributed by atoms with Crippen molar-refractivity contribution >= 4 is 38.9 Å². The SMILES string of the molecule is O=C(/C=C/c1ccc(O)c2oc(-c3ccc(O)c(O)c3)cc12)NCc1ccc(Br)cc1. The molecule has 0 radical (unpaired) electrons. The fraction of sp³-hybridized carbons (Fsp3) is 0.0417. The van der Waals surface area contributed by atoms with Gasteiger partial charge in [0.25, 0.3) is 0 Å². The molecule has 1 aromatic heterocycles. The van der Waals surface area contributed by atoms with Crippen molar-refractivity contribution in [3.8, 4) is 28.6 Å². The van der Waals surface area contributed by atoms with Gasteiger partial charge in [-0.15, -0.1) is 0 Å².